The zero-order valence-electron chi connectivity index (χ0n) is 13.8. The van der Waals surface area contributed by atoms with E-state index < -0.39 is 0 Å². The topological polar surface area (TPSA) is 60.2 Å². The van der Waals surface area contributed by atoms with Crippen LogP contribution in [0.15, 0.2) is 24.3 Å². The molecule has 1 N–H and O–H groups in total. The summed E-state index contributed by atoms with van der Waals surface area (Å²) in [7, 11) is 0. The number of aliphatic hydroxyl groups is 1. The largest absolute Gasteiger partial charge is 0.494 e. The lowest BCUT2D eigenvalue weighted by Gasteiger charge is -2.21. The lowest BCUT2D eigenvalue weighted by Crippen LogP contribution is -2.21. The molecule has 1 aromatic carbocycles. The first-order valence-electron chi connectivity index (χ1n) is 7.65. The summed E-state index contributed by atoms with van der Waals surface area (Å²) in [6.07, 6.45) is 0.838. The summed E-state index contributed by atoms with van der Waals surface area (Å²) in [6, 6.07) is 8.04. The molecule has 1 aromatic heterocycles. The van der Waals surface area contributed by atoms with Gasteiger partial charge < -0.3 is 9.84 Å². The van der Waals surface area contributed by atoms with E-state index >= 15 is 0 Å². The predicted molar refractivity (Wildman–Crippen MR) is 85.9 cm³/mol. The first-order chi connectivity index (χ1) is 10.4. The number of hydrogen-bond acceptors (Lipinski definition) is 4. The van der Waals surface area contributed by atoms with Gasteiger partial charge in [-0.2, -0.15) is 0 Å². The molecule has 0 atom stereocenters. The van der Waals surface area contributed by atoms with Crippen LogP contribution in [0.4, 0.5) is 0 Å². The van der Waals surface area contributed by atoms with Crippen molar-refractivity contribution in [3.8, 4) is 5.75 Å². The molecular weight excluding hydrogens is 278 g/mol. The van der Waals surface area contributed by atoms with E-state index in [9.17, 15) is 5.11 Å². The number of hydrogen-bond donors (Lipinski definition) is 1. The van der Waals surface area contributed by atoms with Gasteiger partial charge in [0.1, 0.15) is 11.4 Å². The fourth-order valence-electron chi connectivity index (χ4n) is 2.47. The molecule has 0 aliphatic rings. The minimum Gasteiger partial charge on any atom is -0.494 e. The first kappa shape index (κ1) is 16.5. The van der Waals surface area contributed by atoms with Crippen LogP contribution < -0.4 is 4.74 Å². The van der Waals surface area contributed by atoms with Gasteiger partial charge in [-0.1, -0.05) is 43.7 Å². The second-order valence-corrected chi connectivity index (χ2v) is 6.53. The number of nitrogens with zero attached hydrogens (tertiary/aromatic N) is 3. The van der Waals surface area contributed by atoms with E-state index in [4.69, 9.17) is 4.74 Å². The summed E-state index contributed by atoms with van der Waals surface area (Å²) >= 11 is 0. The average Bonchev–Trinajstić information content (AvgIpc) is 2.88. The Morgan fingerprint density at radius 2 is 1.86 bits per heavy atom. The third-order valence-electron chi connectivity index (χ3n) is 3.47. The molecule has 5 heteroatoms. The molecule has 1 heterocycles. The van der Waals surface area contributed by atoms with Crippen molar-refractivity contribution in [2.24, 2.45) is 0 Å². The second kappa shape index (κ2) is 6.92. The number of aryl methyl sites for hydroxylation is 2. The molecule has 0 fully saturated rings. The third-order valence-corrected chi connectivity index (χ3v) is 3.47. The van der Waals surface area contributed by atoms with E-state index in [-0.39, 0.29) is 12.0 Å². The van der Waals surface area contributed by atoms with E-state index in [2.05, 4.69) is 38.0 Å². The highest BCUT2D eigenvalue weighted by Crippen LogP contribution is 2.24. The summed E-state index contributed by atoms with van der Waals surface area (Å²) in [5, 5.41) is 17.6. The van der Waals surface area contributed by atoms with Gasteiger partial charge in [-0.05, 0) is 19.1 Å². The first-order valence-corrected chi connectivity index (χ1v) is 7.65. The van der Waals surface area contributed by atoms with Crippen LogP contribution in [0.1, 0.15) is 44.1 Å². The Morgan fingerprint density at radius 3 is 2.45 bits per heavy atom. The Hall–Kier alpha value is -1.88. The Labute approximate surface area is 131 Å². The Kier molecular flexibility index (Phi) is 5.19. The number of rotatable bonds is 6. The van der Waals surface area contributed by atoms with Gasteiger partial charge in [-0.25, -0.2) is 4.68 Å². The van der Waals surface area contributed by atoms with Crippen LogP contribution in [0.25, 0.3) is 0 Å². The zero-order valence-corrected chi connectivity index (χ0v) is 13.8. The second-order valence-electron chi connectivity index (χ2n) is 6.53. The maximum absolute atomic E-state index is 9.40. The highest BCUT2D eigenvalue weighted by molar-refractivity contribution is 5.26. The highest BCUT2D eigenvalue weighted by atomic mass is 16.5. The Balaban J connectivity index is 1.92. The van der Waals surface area contributed by atoms with Gasteiger partial charge in [-0.3, -0.25) is 0 Å². The van der Waals surface area contributed by atoms with E-state index in [0.29, 0.717) is 12.3 Å². The lowest BCUT2D eigenvalue weighted by atomic mass is 9.90. The summed E-state index contributed by atoms with van der Waals surface area (Å²) in [4.78, 5) is 0. The molecule has 120 valence electrons. The van der Waals surface area contributed by atoms with Crippen molar-refractivity contribution in [3.05, 3.63) is 41.2 Å². The molecular formula is C17H25N3O2. The molecule has 0 saturated carbocycles. The van der Waals surface area contributed by atoms with Crippen molar-refractivity contribution in [1.29, 1.82) is 0 Å². The van der Waals surface area contributed by atoms with Crippen molar-refractivity contribution < 1.29 is 9.84 Å². The fourth-order valence-corrected chi connectivity index (χ4v) is 2.47. The quantitative estimate of drug-likeness (QED) is 0.834. The molecule has 0 aliphatic heterocycles. The molecule has 0 amide bonds. The van der Waals surface area contributed by atoms with Crippen molar-refractivity contribution in [2.45, 2.75) is 52.7 Å². The van der Waals surface area contributed by atoms with E-state index in [1.165, 1.54) is 5.56 Å². The Bertz CT molecular complexity index is 597. The molecule has 0 spiro atoms. The molecule has 0 aliphatic carbocycles. The molecule has 0 bridgehead atoms. The van der Waals surface area contributed by atoms with Gasteiger partial charge in [0.2, 0.25) is 0 Å². The van der Waals surface area contributed by atoms with Crippen molar-refractivity contribution in [3.63, 3.8) is 0 Å². The smallest absolute Gasteiger partial charge is 0.119 e. The fraction of sp³-hybridized carbons (Fsp3) is 0.529. The predicted octanol–water partition coefficient (Wildman–Crippen LogP) is 2.85. The van der Waals surface area contributed by atoms with E-state index in [0.717, 1.165) is 24.4 Å². The van der Waals surface area contributed by atoms with Crippen LogP contribution in [0, 0.1) is 6.92 Å². The van der Waals surface area contributed by atoms with Crippen molar-refractivity contribution in [1.82, 2.24) is 15.0 Å². The van der Waals surface area contributed by atoms with Gasteiger partial charge in [-0.15, -0.1) is 5.10 Å². The molecule has 2 rings (SSSR count). The van der Waals surface area contributed by atoms with E-state index in [1.54, 1.807) is 0 Å². The number of aromatic nitrogens is 3. The maximum atomic E-state index is 9.40. The molecule has 5 nitrogen and oxygen atoms in total. The van der Waals surface area contributed by atoms with E-state index in [1.807, 2.05) is 28.9 Å². The normalized spacial score (nSPS) is 11.7. The van der Waals surface area contributed by atoms with Crippen LogP contribution in [0.2, 0.25) is 0 Å². The monoisotopic (exact) mass is 303 g/mol. The molecule has 0 unspecified atom stereocenters. The summed E-state index contributed by atoms with van der Waals surface area (Å²) in [5.74, 6) is 0.885. The van der Waals surface area contributed by atoms with Crippen LogP contribution in [0.5, 0.6) is 5.75 Å². The van der Waals surface area contributed by atoms with Crippen molar-refractivity contribution >= 4 is 0 Å². The number of ether oxygens (including phenoxy) is 1. The third kappa shape index (κ3) is 4.07. The summed E-state index contributed by atoms with van der Waals surface area (Å²) in [6.45, 7) is 9.64. The zero-order chi connectivity index (χ0) is 16.2. The highest BCUT2D eigenvalue weighted by Gasteiger charge is 2.24. The van der Waals surface area contributed by atoms with Gasteiger partial charge in [0.25, 0.3) is 0 Å². The standard InChI is InChI=1S/C17H25N3O2/c1-13-6-8-14(9-7-13)22-11-5-10-20-16(17(2,3)4)15(12-21)18-19-20/h6-9,21H,5,10-12H2,1-4H3. The van der Waals surface area contributed by atoms with Gasteiger partial charge in [0.15, 0.2) is 0 Å². The van der Waals surface area contributed by atoms with Crippen LogP contribution in [-0.4, -0.2) is 26.7 Å². The number of aliphatic hydroxyl groups excluding tert-OH is 1. The van der Waals surface area contributed by atoms with Crippen LogP contribution in [0.3, 0.4) is 0 Å². The van der Waals surface area contributed by atoms with Crippen LogP contribution in [-0.2, 0) is 18.6 Å². The molecule has 22 heavy (non-hydrogen) atoms. The Morgan fingerprint density at radius 1 is 1.18 bits per heavy atom. The minimum atomic E-state index is -0.0978. The maximum Gasteiger partial charge on any atom is 0.119 e. The van der Waals surface area contributed by atoms with Gasteiger partial charge in [0, 0.05) is 18.4 Å². The van der Waals surface area contributed by atoms with Crippen LogP contribution >= 0.6 is 0 Å². The minimum absolute atomic E-state index is 0.0769. The molecule has 2 aromatic rings. The average molecular weight is 303 g/mol. The lowest BCUT2D eigenvalue weighted by molar-refractivity contribution is 0.272. The summed E-state index contributed by atoms with van der Waals surface area (Å²) < 4.78 is 7.61. The van der Waals surface area contributed by atoms with Gasteiger partial charge in [0.05, 0.1) is 18.9 Å². The SMILES string of the molecule is Cc1ccc(OCCCn2nnc(CO)c2C(C)(C)C)cc1. The summed E-state index contributed by atoms with van der Waals surface area (Å²) in [5.41, 5.74) is 2.78. The van der Waals surface area contributed by atoms with Gasteiger partial charge >= 0.3 is 0 Å². The number of benzene rings is 1. The molecule has 0 saturated heterocycles. The molecule has 0 radical (unpaired) electrons. The van der Waals surface area contributed by atoms with Crippen molar-refractivity contribution in [2.75, 3.05) is 6.61 Å².